The third kappa shape index (κ3) is 3.29. The van der Waals surface area contributed by atoms with E-state index >= 15 is 0 Å². The average Bonchev–Trinajstić information content (AvgIpc) is 2.81. The topological polar surface area (TPSA) is 60.2 Å². The number of methoxy groups -OCH3 is 1. The van der Waals surface area contributed by atoms with Crippen molar-refractivity contribution < 1.29 is 13.7 Å². The number of aryl methyl sites for hydroxylation is 1. The molecule has 1 N–H and O–H groups in total. The number of rotatable bonds is 5. The second-order valence-electron chi connectivity index (χ2n) is 4.22. The van der Waals surface area contributed by atoms with Crippen molar-refractivity contribution in [2.24, 2.45) is 0 Å². The SMILES string of the molecule is COc1ccc(C(C)NCc2noc(C)n2)c(F)c1. The molecule has 0 aliphatic heterocycles. The van der Waals surface area contributed by atoms with Crippen molar-refractivity contribution in [2.45, 2.75) is 26.4 Å². The van der Waals surface area contributed by atoms with Crippen LogP contribution < -0.4 is 10.1 Å². The first kappa shape index (κ1) is 13.5. The maximum Gasteiger partial charge on any atom is 0.223 e. The number of nitrogens with zero attached hydrogens (tertiary/aromatic N) is 2. The number of benzene rings is 1. The van der Waals surface area contributed by atoms with Gasteiger partial charge in [-0.15, -0.1) is 0 Å². The van der Waals surface area contributed by atoms with Gasteiger partial charge in [-0.3, -0.25) is 0 Å². The molecule has 0 fully saturated rings. The Morgan fingerprint density at radius 3 is 2.84 bits per heavy atom. The first-order valence-electron chi connectivity index (χ1n) is 5.96. The number of hydrogen-bond acceptors (Lipinski definition) is 5. The number of ether oxygens (including phenoxy) is 1. The lowest BCUT2D eigenvalue weighted by Crippen LogP contribution is -2.19. The molecular formula is C13H16FN3O2. The van der Waals surface area contributed by atoms with Crippen molar-refractivity contribution in [3.05, 3.63) is 41.3 Å². The van der Waals surface area contributed by atoms with Crippen LogP contribution in [0.2, 0.25) is 0 Å². The first-order chi connectivity index (χ1) is 9.10. The molecule has 0 saturated heterocycles. The van der Waals surface area contributed by atoms with Gasteiger partial charge in [0.1, 0.15) is 11.6 Å². The number of aromatic nitrogens is 2. The van der Waals surface area contributed by atoms with Crippen LogP contribution in [0.4, 0.5) is 4.39 Å². The van der Waals surface area contributed by atoms with Gasteiger partial charge in [-0.2, -0.15) is 4.98 Å². The number of halogens is 1. The third-order valence-corrected chi connectivity index (χ3v) is 2.81. The van der Waals surface area contributed by atoms with E-state index in [1.165, 1.54) is 13.2 Å². The molecule has 0 aliphatic rings. The summed E-state index contributed by atoms with van der Waals surface area (Å²) in [7, 11) is 1.51. The smallest absolute Gasteiger partial charge is 0.223 e. The van der Waals surface area contributed by atoms with Crippen molar-refractivity contribution in [3.63, 3.8) is 0 Å². The molecular weight excluding hydrogens is 249 g/mol. The van der Waals surface area contributed by atoms with Crippen LogP contribution in [0.5, 0.6) is 5.75 Å². The Hall–Kier alpha value is -1.95. The van der Waals surface area contributed by atoms with Gasteiger partial charge in [0.25, 0.3) is 0 Å². The summed E-state index contributed by atoms with van der Waals surface area (Å²) in [6, 6.07) is 4.64. The number of hydrogen-bond donors (Lipinski definition) is 1. The summed E-state index contributed by atoms with van der Waals surface area (Å²) in [5.41, 5.74) is 0.570. The molecule has 0 spiro atoms. The molecule has 1 heterocycles. The van der Waals surface area contributed by atoms with E-state index in [-0.39, 0.29) is 11.9 Å². The summed E-state index contributed by atoms with van der Waals surface area (Å²) in [6.45, 7) is 4.02. The van der Waals surface area contributed by atoms with E-state index in [4.69, 9.17) is 9.26 Å². The van der Waals surface area contributed by atoms with E-state index in [0.29, 0.717) is 29.6 Å². The lowest BCUT2D eigenvalue weighted by Gasteiger charge is -2.14. The molecule has 1 unspecified atom stereocenters. The zero-order valence-electron chi connectivity index (χ0n) is 11.1. The van der Waals surface area contributed by atoms with Crippen LogP contribution in [0, 0.1) is 12.7 Å². The average molecular weight is 265 g/mol. The molecule has 2 rings (SSSR count). The fourth-order valence-corrected chi connectivity index (χ4v) is 1.75. The van der Waals surface area contributed by atoms with E-state index < -0.39 is 0 Å². The zero-order valence-corrected chi connectivity index (χ0v) is 11.1. The molecule has 2 aromatic rings. The predicted molar refractivity (Wildman–Crippen MR) is 67.2 cm³/mol. The molecule has 0 saturated carbocycles. The van der Waals surface area contributed by atoms with Gasteiger partial charge in [-0.1, -0.05) is 11.2 Å². The van der Waals surface area contributed by atoms with Crippen LogP contribution in [0.25, 0.3) is 0 Å². The second kappa shape index (κ2) is 5.79. The highest BCUT2D eigenvalue weighted by Crippen LogP contribution is 2.21. The Bertz CT molecular complexity index is 557. The van der Waals surface area contributed by atoms with Crippen LogP contribution in [-0.4, -0.2) is 17.3 Å². The van der Waals surface area contributed by atoms with Gasteiger partial charge in [0.2, 0.25) is 5.89 Å². The fraction of sp³-hybridized carbons (Fsp3) is 0.385. The zero-order chi connectivity index (χ0) is 13.8. The quantitative estimate of drug-likeness (QED) is 0.899. The van der Waals surface area contributed by atoms with Gasteiger partial charge in [0.05, 0.1) is 13.7 Å². The normalized spacial score (nSPS) is 12.4. The minimum Gasteiger partial charge on any atom is -0.497 e. The lowest BCUT2D eigenvalue weighted by atomic mass is 10.1. The van der Waals surface area contributed by atoms with Gasteiger partial charge in [-0.05, 0) is 13.0 Å². The van der Waals surface area contributed by atoms with E-state index in [0.717, 1.165) is 0 Å². The molecule has 1 aromatic carbocycles. The van der Waals surface area contributed by atoms with Gasteiger partial charge in [0.15, 0.2) is 5.82 Å². The molecule has 1 atom stereocenters. The Morgan fingerprint density at radius 1 is 1.47 bits per heavy atom. The summed E-state index contributed by atoms with van der Waals surface area (Å²) in [6.07, 6.45) is 0. The van der Waals surface area contributed by atoms with Crippen molar-refractivity contribution in [3.8, 4) is 5.75 Å². The van der Waals surface area contributed by atoms with Gasteiger partial charge in [0, 0.05) is 24.6 Å². The van der Waals surface area contributed by atoms with Gasteiger partial charge >= 0.3 is 0 Å². The first-order valence-corrected chi connectivity index (χ1v) is 5.96. The molecule has 102 valence electrons. The molecule has 0 aliphatic carbocycles. The summed E-state index contributed by atoms with van der Waals surface area (Å²) >= 11 is 0. The standard InChI is InChI=1S/C13H16FN3O2/c1-8(15-7-13-16-9(2)19-17-13)11-5-4-10(18-3)6-12(11)14/h4-6,8,15H,7H2,1-3H3. The molecule has 0 radical (unpaired) electrons. The maximum atomic E-state index is 13.8. The summed E-state index contributed by atoms with van der Waals surface area (Å²) in [4.78, 5) is 4.07. The van der Waals surface area contributed by atoms with Crippen molar-refractivity contribution in [1.29, 1.82) is 0 Å². The minimum absolute atomic E-state index is 0.162. The lowest BCUT2D eigenvalue weighted by molar-refractivity contribution is 0.383. The van der Waals surface area contributed by atoms with Crippen LogP contribution in [0.3, 0.4) is 0 Å². The third-order valence-electron chi connectivity index (χ3n) is 2.81. The summed E-state index contributed by atoms with van der Waals surface area (Å²) in [5.74, 6) is 1.27. The fourth-order valence-electron chi connectivity index (χ4n) is 1.75. The summed E-state index contributed by atoms with van der Waals surface area (Å²) < 4.78 is 23.7. The van der Waals surface area contributed by atoms with Crippen LogP contribution in [0.15, 0.2) is 22.7 Å². The van der Waals surface area contributed by atoms with Gasteiger partial charge in [-0.25, -0.2) is 4.39 Å². The number of nitrogens with one attached hydrogen (secondary N) is 1. The Morgan fingerprint density at radius 2 is 2.26 bits per heavy atom. The summed E-state index contributed by atoms with van der Waals surface area (Å²) in [5, 5.41) is 6.91. The van der Waals surface area contributed by atoms with E-state index in [1.807, 2.05) is 6.92 Å². The van der Waals surface area contributed by atoms with Crippen molar-refractivity contribution >= 4 is 0 Å². The van der Waals surface area contributed by atoms with Crippen molar-refractivity contribution in [1.82, 2.24) is 15.5 Å². The molecule has 1 aromatic heterocycles. The molecule has 6 heteroatoms. The van der Waals surface area contributed by atoms with E-state index in [2.05, 4.69) is 15.5 Å². The highest BCUT2D eigenvalue weighted by Gasteiger charge is 2.12. The minimum atomic E-state index is -0.302. The molecule has 0 bridgehead atoms. The second-order valence-corrected chi connectivity index (χ2v) is 4.22. The van der Waals surface area contributed by atoms with Crippen LogP contribution >= 0.6 is 0 Å². The Balaban J connectivity index is 2.01. The molecule has 5 nitrogen and oxygen atoms in total. The monoisotopic (exact) mass is 265 g/mol. The van der Waals surface area contributed by atoms with Crippen LogP contribution in [0.1, 0.15) is 30.2 Å². The van der Waals surface area contributed by atoms with E-state index in [1.54, 1.807) is 19.1 Å². The molecule has 19 heavy (non-hydrogen) atoms. The van der Waals surface area contributed by atoms with Gasteiger partial charge < -0.3 is 14.6 Å². The molecule has 0 amide bonds. The predicted octanol–water partition coefficient (Wildman–Crippen LogP) is 2.38. The maximum absolute atomic E-state index is 13.8. The Labute approximate surface area is 110 Å². The highest BCUT2D eigenvalue weighted by molar-refractivity contribution is 5.30. The highest BCUT2D eigenvalue weighted by atomic mass is 19.1. The largest absolute Gasteiger partial charge is 0.497 e. The van der Waals surface area contributed by atoms with Crippen LogP contribution in [-0.2, 0) is 6.54 Å². The van der Waals surface area contributed by atoms with Crippen molar-refractivity contribution in [2.75, 3.05) is 7.11 Å². The Kier molecular flexibility index (Phi) is 4.11. The van der Waals surface area contributed by atoms with E-state index in [9.17, 15) is 4.39 Å².